The van der Waals surface area contributed by atoms with Gasteiger partial charge in [-0.3, -0.25) is 0 Å². The zero-order valence-corrected chi connectivity index (χ0v) is 12.6. The van der Waals surface area contributed by atoms with E-state index in [1.54, 1.807) is 13.8 Å². The van der Waals surface area contributed by atoms with Gasteiger partial charge in [-0.2, -0.15) is 0 Å². The summed E-state index contributed by atoms with van der Waals surface area (Å²) in [6.45, 7) is 3.30. The largest absolute Gasteiger partial charge is 0.394 e. The molecule has 2 aliphatic heterocycles. The molecule has 10 nitrogen and oxygen atoms in total. The normalized spacial score (nSPS) is 32.5. The van der Waals surface area contributed by atoms with Crippen LogP contribution in [0, 0.1) is 0 Å². The lowest BCUT2D eigenvalue weighted by Gasteiger charge is -2.23. The van der Waals surface area contributed by atoms with Crippen molar-refractivity contribution in [1.82, 2.24) is 19.5 Å². The van der Waals surface area contributed by atoms with E-state index in [9.17, 15) is 9.90 Å². The van der Waals surface area contributed by atoms with Crippen LogP contribution in [0.5, 0.6) is 0 Å². The van der Waals surface area contributed by atoms with E-state index in [2.05, 4.69) is 15.0 Å². The molecule has 4 rings (SSSR count). The summed E-state index contributed by atoms with van der Waals surface area (Å²) < 4.78 is 18.8. The second-order valence-electron chi connectivity index (χ2n) is 6.07. The Balaban J connectivity index is 1.84. The molecule has 0 unspecified atom stereocenters. The highest BCUT2D eigenvalue weighted by Gasteiger charge is 2.56. The number of nitrogens with two attached hydrogens (primary N) is 1. The van der Waals surface area contributed by atoms with Crippen molar-refractivity contribution >= 4 is 17.0 Å². The first-order chi connectivity index (χ1) is 10.9. The monoisotopic (exact) mass is 323 g/mol. The maximum absolute atomic E-state index is 12.4. The number of hydrogen-bond donors (Lipinski definition) is 3. The number of H-pyrrole nitrogens is 1. The summed E-state index contributed by atoms with van der Waals surface area (Å²) in [6.07, 6.45) is -1.13. The number of aromatic nitrogens is 4. The third-order valence-electron chi connectivity index (χ3n) is 4.10. The minimum atomic E-state index is -0.825. The van der Waals surface area contributed by atoms with Gasteiger partial charge >= 0.3 is 5.69 Å². The van der Waals surface area contributed by atoms with Gasteiger partial charge in [0.15, 0.2) is 23.5 Å². The first kappa shape index (κ1) is 14.6. The summed E-state index contributed by atoms with van der Waals surface area (Å²) in [6, 6.07) is 0. The fourth-order valence-corrected chi connectivity index (χ4v) is 3.21. The van der Waals surface area contributed by atoms with Crippen molar-refractivity contribution in [3.63, 3.8) is 0 Å². The molecule has 4 atom stereocenters. The number of hydrogen-bond acceptors (Lipinski definition) is 8. The number of nitrogen functional groups attached to an aromatic ring is 1. The highest BCUT2D eigenvalue weighted by molar-refractivity contribution is 5.81. The summed E-state index contributed by atoms with van der Waals surface area (Å²) >= 11 is 0. The molecule has 124 valence electrons. The Bertz CT molecular complexity index is 815. The molecule has 2 aliphatic rings. The molecule has 0 amide bonds. The number of fused-ring (bicyclic) bond motifs is 2. The smallest absolute Gasteiger partial charge is 0.330 e. The average molecular weight is 323 g/mol. The highest BCUT2D eigenvalue weighted by atomic mass is 16.8. The maximum Gasteiger partial charge on any atom is 0.330 e. The molecule has 2 saturated heterocycles. The molecule has 23 heavy (non-hydrogen) atoms. The molecule has 0 bridgehead atoms. The fourth-order valence-electron chi connectivity index (χ4n) is 3.21. The second kappa shape index (κ2) is 4.74. The number of imidazole rings is 1. The van der Waals surface area contributed by atoms with E-state index in [0.717, 1.165) is 0 Å². The van der Waals surface area contributed by atoms with Gasteiger partial charge in [-0.15, -0.1) is 0 Å². The molecule has 0 spiro atoms. The minimum absolute atomic E-state index is 0.169. The molecular weight excluding hydrogens is 306 g/mol. The van der Waals surface area contributed by atoms with E-state index in [0.29, 0.717) is 11.2 Å². The van der Waals surface area contributed by atoms with E-state index in [4.69, 9.17) is 19.9 Å². The summed E-state index contributed by atoms with van der Waals surface area (Å²) in [5, 5.41) is 9.52. The van der Waals surface area contributed by atoms with Gasteiger partial charge in [0.1, 0.15) is 30.2 Å². The molecule has 0 aromatic carbocycles. The first-order valence-corrected chi connectivity index (χ1v) is 7.24. The molecule has 10 heteroatoms. The molecule has 4 heterocycles. The maximum atomic E-state index is 12.4. The standard InChI is InChI=1S/C13H17N5O5/c1-13(2)22-7-5(3-19)21-11(8(7)23-13)18-10-6(17-12(18)20)9(14)15-4-16-10/h4-5,7-8,11,19H,3H2,1-2H3,(H,17,20)(H2,14,15,16)/t5-,7-,8-,11-/m1/s1. The van der Waals surface area contributed by atoms with E-state index in [1.165, 1.54) is 10.9 Å². The van der Waals surface area contributed by atoms with E-state index < -0.39 is 36.0 Å². The number of aliphatic hydroxyl groups excluding tert-OH is 1. The number of nitrogens with zero attached hydrogens (tertiary/aromatic N) is 3. The minimum Gasteiger partial charge on any atom is -0.394 e. The van der Waals surface area contributed by atoms with Crippen LogP contribution in [0.1, 0.15) is 20.1 Å². The van der Waals surface area contributed by atoms with Crippen LogP contribution in [0.4, 0.5) is 5.82 Å². The zero-order valence-electron chi connectivity index (χ0n) is 12.6. The lowest BCUT2D eigenvalue weighted by Crippen LogP contribution is -2.33. The van der Waals surface area contributed by atoms with Gasteiger partial charge in [-0.05, 0) is 13.8 Å². The number of aromatic amines is 1. The average Bonchev–Trinajstić information content (AvgIpc) is 3.08. The van der Waals surface area contributed by atoms with Crippen LogP contribution in [-0.4, -0.2) is 55.3 Å². The van der Waals surface area contributed by atoms with Crippen LogP contribution in [-0.2, 0) is 14.2 Å². The number of nitrogens with one attached hydrogen (secondary N) is 1. The van der Waals surface area contributed by atoms with Gasteiger partial charge in [0, 0.05) is 0 Å². The summed E-state index contributed by atoms with van der Waals surface area (Å²) in [4.78, 5) is 23.0. The van der Waals surface area contributed by atoms with Crippen molar-refractivity contribution in [3.8, 4) is 0 Å². The molecule has 0 saturated carbocycles. The topological polar surface area (TPSA) is 138 Å². The van der Waals surface area contributed by atoms with E-state index in [1.807, 2.05) is 0 Å². The lowest BCUT2D eigenvalue weighted by molar-refractivity contribution is -0.200. The number of anilines is 1. The predicted molar refractivity (Wildman–Crippen MR) is 77.4 cm³/mol. The van der Waals surface area contributed by atoms with E-state index in [-0.39, 0.29) is 12.4 Å². The van der Waals surface area contributed by atoms with Gasteiger partial charge in [-0.25, -0.2) is 19.3 Å². The molecule has 0 aliphatic carbocycles. The van der Waals surface area contributed by atoms with Crippen molar-refractivity contribution in [2.75, 3.05) is 12.3 Å². The van der Waals surface area contributed by atoms with Crippen molar-refractivity contribution in [1.29, 1.82) is 0 Å². The lowest BCUT2D eigenvalue weighted by atomic mass is 10.1. The van der Waals surface area contributed by atoms with Crippen molar-refractivity contribution in [3.05, 3.63) is 16.8 Å². The van der Waals surface area contributed by atoms with Crippen LogP contribution < -0.4 is 11.4 Å². The van der Waals surface area contributed by atoms with Gasteiger partial charge in [-0.1, -0.05) is 0 Å². The number of rotatable bonds is 2. The van der Waals surface area contributed by atoms with Crippen LogP contribution in [0.25, 0.3) is 11.2 Å². The van der Waals surface area contributed by atoms with Gasteiger partial charge in [0.2, 0.25) is 0 Å². The Labute approximate surface area is 130 Å². The van der Waals surface area contributed by atoms with Gasteiger partial charge < -0.3 is 30.0 Å². The van der Waals surface area contributed by atoms with Gasteiger partial charge in [0.05, 0.1) is 6.61 Å². The Morgan fingerprint density at radius 3 is 2.87 bits per heavy atom. The molecule has 0 radical (unpaired) electrons. The Hall–Kier alpha value is -2.01. The zero-order chi connectivity index (χ0) is 16.4. The molecule has 4 N–H and O–H groups in total. The third kappa shape index (κ3) is 2.06. The highest BCUT2D eigenvalue weighted by Crippen LogP contribution is 2.43. The Kier molecular flexibility index (Phi) is 3.00. The van der Waals surface area contributed by atoms with Gasteiger partial charge in [0.25, 0.3) is 0 Å². The quantitative estimate of drug-likeness (QED) is 0.647. The summed E-state index contributed by atoms with van der Waals surface area (Å²) in [5.41, 5.74) is 5.98. The van der Waals surface area contributed by atoms with E-state index >= 15 is 0 Å². The van der Waals surface area contributed by atoms with Crippen molar-refractivity contribution in [2.45, 2.75) is 44.2 Å². The third-order valence-corrected chi connectivity index (χ3v) is 4.10. The molecule has 2 fully saturated rings. The number of aliphatic hydroxyl groups is 1. The SMILES string of the molecule is CC1(C)O[C@@H]2[C@H](O1)[C@@H](CO)O[C@H]2n1c(=O)[nH]c2c(N)ncnc21. The Morgan fingerprint density at radius 2 is 2.13 bits per heavy atom. The Morgan fingerprint density at radius 1 is 1.39 bits per heavy atom. The number of ether oxygens (including phenoxy) is 3. The summed E-state index contributed by atoms with van der Waals surface area (Å²) in [7, 11) is 0. The summed E-state index contributed by atoms with van der Waals surface area (Å²) in [5.74, 6) is -0.655. The van der Waals surface area contributed by atoms with Crippen molar-refractivity contribution in [2.24, 2.45) is 0 Å². The first-order valence-electron chi connectivity index (χ1n) is 7.24. The van der Waals surface area contributed by atoms with Crippen LogP contribution >= 0.6 is 0 Å². The van der Waals surface area contributed by atoms with Crippen LogP contribution in [0.15, 0.2) is 11.1 Å². The molecular formula is C13H17N5O5. The molecule has 2 aromatic rings. The van der Waals surface area contributed by atoms with Crippen LogP contribution in [0.2, 0.25) is 0 Å². The van der Waals surface area contributed by atoms with Crippen LogP contribution in [0.3, 0.4) is 0 Å². The predicted octanol–water partition coefficient (Wildman–Crippen LogP) is -0.888. The van der Waals surface area contributed by atoms with Crippen molar-refractivity contribution < 1.29 is 19.3 Å². The second-order valence-corrected chi connectivity index (χ2v) is 6.07. The molecule has 2 aromatic heterocycles. The fraction of sp³-hybridized carbons (Fsp3) is 0.615.